The smallest absolute Gasteiger partial charge is 0.256 e. The van der Waals surface area contributed by atoms with Crippen molar-refractivity contribution in [2.45, 2.75) is 26.2 Å². The average molecular weight is 190 g/mol. The lowest BCUT2D eigenvalue weighted by molar-refractivity contribution is -0.175. The molecule has 0 spiro atoms. The molecule has 4 N–H and O–H groups in total. The molecular weight excluding hydrogens is 176 g/mol. The van der Waals surface area contributed by atoms with Gasteiger partial charge in [-0.05, 0) is 13.8 Å². The third-order valence-electron chi connectivity index (χ3n) is 1.25. The molecule has 0 aliphatic carbocycles. The molecule has 0 aliphatic rings. The van der Waals surface area contributed by atoms with Crippen LogP contribution in [0.1, 0.15) is 13.8 Å². The SMILES string of the molecule is CCOC(C)OC(C(N)=O)C(N)=O. The van der Waals surface area contributed by atoms with Crippen molar-refractivity contribution in [2.75, 3.05) is 6.61 Å². The molecule has 0 bridgehead atoms. The molecule has 0 saturated carbocycles. The maximum atomic E-state index is 10.6. The first-order valence-corrected chi connectivity index (χ1v) is 3.84. The molecule has 1 unspecified atom stereocenters. The van der Waals surface area contributed by atoms with Gasteiger partial charge in [0.1, 0.15) is 0 Å². The predicted octanol–water partition coefficient (Wildman–Crippen LogP) is -1.28. The van der Waals surface area contributed by atoms with Gasteiger partial charge in [0.05, 0.1) is 0 Å². The molecule has 0 saturated heterocycles. The lowest BCUT2D eigenvalue weighted by Crippen LogP contribution is -2.44. The van der Waals surface area contributed by atoms with E-state index in [1.165, 1.54) is 0 Å². The summed E-state index contributed by atoms with van der Waals surface area (Å²) in [6.07, 6.45) is -2.11. The fraction of sp³-hybridized carbons (Fsp3) is 0.714. The highest BCUT2D eigenvalue weighted by molar-refractivity contribution is 6.01. The second-order valence-electron chi connectivity index (χ2n) is 2.34. The lowest BCUT2D eigenvalue weighted by atomic mass is 10.3. The first-order chi connectivity index (χ1) is 5.99. The maximum absolute atomic E-state index is 10.6. The maximum Gasteiger partial charge on any atom is 0.256 e. The van der Waals surface area contributed by atoms with Crippen LogP contribution in [0.25, 0.3) is 0 Å². The van der Waals surface area contributed by atoms with Gasteiger partial charge in [-0.2, -0.15) is 0 Å². The number of hydrogen-bond acceptors (Lipinski definition) is 4. The lowest BCUT2D eigenvalue weighted by Gasteiger charge is -2.16. The topological polar surface area (TPSA) is 105 Å². The fourth-order valence-corrected chi connectivity index (χ4v) is 0.740. The average Bonchev–Trinajstić information content (AvgIpc) is 1.99. The zero-order valence-electron chi connectivity index (χ0n) is 7.65. The van der Waals surface area contributed by atoms with Crippen LogP contribution < -0.4 is 11.5 Å². The Balaban J connectivity index is 4.10. The second kappa shape index (κ2) is 5.50. The van der Waals surface area contributed by atoms with E-state index in [1.54, 1.807) is 13.8 Å². The predicted molar refractivity (Wildman–Crippen MR) is 44.3 cm³/mol. The summed E-state index contributed by atoms with van der Waals surface area (Å²) >= 11 is 0. The van der Waals surface area contributed by atoms with Crippen LogP contribution in [-0.4, -0.2) is 30.8 Å². The van der Waals surface area contributed by atoms with Crippen molar-refractivity contribution in [2.24, 2.45) is 11.5 Å². The second-order valence-corrected chi connectivity index (χ2v) is 2.34. The molecule has 0 aromatic heterocycles. The van der Waals surface area contributed by atoms with E-state index in [0.717, 1.165) is 0 Å². The Labute approximate surface area is 76.2 Å². The minimum absolute atomic E-state index is 0.408. The third kappa shape index (κ3) is 4.44. The molecule has 2 amide bonds. The minimum Gasteiger partial charge on any atom is -0.367 e. The molecule has 0 rings (SSSR count). The summed E-state index contributed by atoms with van der Waals surface area (Å²) in [5.74, 6) is -1.84. The molecule has 0 aromatic rings. The zero-order chi connectivity index (χ0) is 10.4. The fourth-order valence-electron chi connectivity index (χ4n) is 0.740. The van der Waals surface area contributed by atoms with Gasteiger partial charge in [0, 0.05) is 6.61 Å². The number of carbonyl (C=O) groups is 2. The summed E-state index contributed by atoms with van der Waals surface area (Å²) in [5.41, 5.74) is 9.72. The van der Waals surface area contributed by atoms with Crippen LogP contribution in [0.3, 0.4) is 0 Å². The van der Waals surface area contributed by atoms with Gasteiger partial charge in [0.25, 0.3) is 11.8 Å². The molecule has 1 atom stereocenters. The Morgan fingerprint density at radius 3 is 2.08 bits per heavy atom. The van der Waals surface area contributed by atoms with Gasteiger partial charge in [0.2, 0.25) is 6.10 Å². The normalized spacial score (nSPS) is 12.8. The van der Waals surface area contributed by atoms with E-state index in [9.17, 15) is 9.59 Å². The van der Waals surface area contributed by atoms with Gasteiger partial charge in [-0.25, -0.2) is 0 Å². The van der Waals surface area contributed by atoms with E-state index in [-0.39, 0.29) is 0 Å². The summed E-state index contributed by atoms with van der Waals surface area (Å²) in [7, 11) is 0. The molecule has 0 fully saturated rings. The van der Waals surface area contributed by atoms with Crippen molar-refractivity contribution < 1.29 is 19.1 Å². The van der Waals surface area contributed by atoms with Crippen molar-refractivity contribution in [3.05, 3.63) is 0 Å². The van der Waals surface area contributed by atoms with Gasteiger partial charge in [-0.3, -0.25) is 9.59 Å². The quantitative estimate of drug-likeness (QED) is 0.402. The number of carbonyl (C=O) groups excluding carboxylic acids is 2. The van der Waals surface area contributed by atoms with Crippen molar-refractivity contribution >= 4 is 11.8 Å². The molecule has 0 aromatic carbocycles. The van der Waals surface area contributed by atoms with E-state index in [0.29, 0.717) is 6.61 Å². The number of nitrogens with two attached hydrogens (primary N) is 2. The summed E-state index contributed by atoms with van der Waals surface area (Å²) in [6.45, 7) is 3.71. The van der Waals surface area contributed by atoms with Gasteiger partial charge in [0.15, 0.2) is 6.29 Å². The molecule has 6 heteroatoms. The van der Waals surface area contributed by atoms with Crippen LogP contribution in [0.2, 0.25) is 0 Å². The van der Waals surface area contributed by atoms with Gasteiger partial charge in [-0.1, -0.05) is 0 Å². The number of hydrogen-bond donors (Lipinski definition) is 2. The largest absolute Gasteiger partial charge is 0.367 e. The molecule has 6 nitrogen and oxygen atoms in total. The monoisotopic (exact) mass is 190 g/mol. The summed E-state index contributed by atoms with van der Waals surface area (Å²) in [5, 5.41) is 0. The zero-order valence-corrected chi connectivity index (χ0v) is 7.65. The molecule has 76 valence electrons. The van der Waals surface area contributed by atoms with E-state index >= 15 is 0 Å². The van der Waals surface area contributed by atoms with E-state index in [1.807, 2.05) is 0 Å². The Morgan fingerprint density at radius 2 is 1.77 bits per heavy atom. The molecule has 0 aliphatic heterocycles. The summed E-state index contributed by atoms with van der Waals surface area (Å²) in [4.78, 5) is 21.2. The minimum atomic E-state index is -1.43. The highest BCUT2D eigenvalue weighted by atomic mass is 16.7. The highest BCUT2D eigenvalue weighted by Crippen LogP contribution is 1.99. The Morgan fingerprint density at radius 1 is 1.31 bits per heavy atom. The molecule has 13 heavy (non-hydrogen) atoms. The van der Waals surface area contributed by atoms with Crippen molar-refractivity contribution in [3.8, 4) is 0 Å². The third-order valence-corrected chi connectivity index (χ3v) is 1.25. The first-order valence-electron chi connectivity index (χ1n) is 3.84. The van der Waals surface area contributed by atoms with Crippen molar-refractivity contribution in [1.29, 1.82) is 0 Å². The van der Waals surface area contributed by atoms with Crippen molar-refractivity contribution in [3.63, 3.8) is 0 Å². The molecule has 0 heterocycles. The van der Waals surface area contributed by atoms with E-state index < -0.39 is 24.2 Å². The van der Waals surface area contributed by atoms with Crippen LogP contribution in [0.15, 0.2) is 0 Å². The van der Waals surface area contributed by atoms with E-state index in [2.05, 4.69) is 0 Å². The Hall–Kier alpha value is -1.14. The van der Waals surface area contributed by atoms with Crippen LogP contribution in [0.4, 0.5) is 0 Å². The van der Waals surface area contributed by atoms with E-state index in [4.69, 9.17) is 20.9 Å². The number of amides is 2. The van der Waals surface area contributed by atoms with Crippen LogP contribution >= 0.6 is 0 Å². The number of ether oxygens (including phenoxy) is 2. The van der Waals surface area contributed by atoms with Gasteiger partial charge >= 0.3 is 0 Å². The van der Waals surface area contributed by atoms with Gasteiger partial charge < -0.3 is 20.9 Å². The number of primary amides is 2. The molecular formula is C7H14N2O4. The molecule has 0 radical (unpaired) electrons. The first kappa shape index (κ1) is 11.9. The van der Waals surface area contributed by atoms with Gasteiger partial charge in [-0.15, -0.1) is 0 Å². The van der Waals surface area contributed by atoms with Crippen LogP contribution in [0, 0.1) is 0 Å². The Bertz CT molecular complexity index is 181. The Kier molecular flexibility index (Phi) is 5.01. The number of rotatable bonds is 6. The van der Waals surface area contributed by atoms with Crippen LogP contribution in [0.5, 0.6) is 0 Å². The van der Waals surface area contributed by atoms with Crippen LogP contribution in [-0.2, 0) is 19.1 Å². The van der Waals surface area contributed by atoms with Crippen molar-refractivity contribution in [1.82, 2.24) is 0 Å². The standard InChI is InChI=1S/C7H14N2O4/c1-3-12-4(2)13-5(6(8)10)7(9)11/h4-5H,3H2,1-2H3,(H2,8,10)(H2,9,11). The summed E-state index contributed by atoms with van der Waals surface area (Å²) < 4.78 is 9.78. The summed E-state index contributed by atoms with van der Waals surface area (Å²) in [6, 6.07) is 0. The highest BCUT2D eigenvalue weighted by Gasteiger charge is 2.24.